The zero-order valence-corrected chi connectivity index (χ0v) is 10.7. The number of nitrogens with two attached hydrogens (primary N) is 2. The number of rotatable bonds is 4. The molecule has 1 amide bonds. The third-order valence-electron chi connectivity index (χ3n) is 2.13. The molecule has 0 atom stereocenters. The summed E-state index contributed by atoms with van der Waals surface area (Å²) in [5.74, 6) is -0.455. The van der Waals surface area contributed by atoms with Gasteiger partial charge in [0.1, 0.15) is 9.88 Å². The molecule has 1 rings (SSSR count). The van der Waals surface area contributed by atoms with Crippen LogP contribution < -0.4 is 16.4 Å². The average molecular weight is 245 g/mol. The van der Waals surface area contributed by atoms with Gasteiger partial charge in [-0.1, -0.05) is 0 Å². The second kappa shape index (κ2) is 4.76. The smallest absolute Gasteiger partial charge is 0.261 e. The molecule has 0 aliphatic rings. The van der Waals surface area contributed by atoms with Crippen LogP contribution >= 0.6 is 23.1 Å². The highest BCUT2D eigenvalue weighted by Crippen LogP contribution is 2.42. The number of carbonyl (C=O) groups excluding carboxylic acids is 1. The van der Waals surface area contributed by atoms with Crippen molar-refractivity contribution in [1.29, 1.82) is 0 Å². The topological polar surface area (TPSA) is 72.3 Å². The maximum Gasteiger partial charge on any atom is 0.261 e. The summed E-state index contributed by atoms with van der Waals surface area (Å²) in [5.41, 5.74) is 11.6. The van der Waals surface area contributed by atoms with Crippen molar-refractivity contribution in [3.63, 3.8) is 0 Å². The highest BCUT2D eigenvalue weighted by atomic mass is 32.2. The molecule has 4 nitrogen and oxygen atoms in total. The van der Waals surface area contributed by atoms with E-state index >= 15 is 0 Å². The van der Waals surface area contributed by atoms with Crippen molar-refractivity contribution < 1.29 is 4.79 Å². The van der Waals surface area contributed by atoms with E-state index in [1.54, 1.807) is 0 Å². The summed E-state index contributed by atoms with van der Waals surface area (Å²) < 4.78 is 0. The number of nitrogens with zero attached hydrogens (tertiary/aromatic N) is 1. The molecule has 1 aromatic rings. The first-order valence-corrected chi connectivity index (χ1v) is 6.54. The number of amides is 1. The molecule has 0 bridgehead atoms. The van der Waals surface area contributed by atoms with Crippen LogP contribution in [0.4, 0.5) is 10.7 Å². The van der Waals surface area contributed by atoms with Crippen LogP contribution in [-0.4, -0.2) is 25.8 Å². The standard InChI is InChI=1S/C9H15N3OS2/c1-4-12(2)9-7(14-3)5(10)6(15-9)8(11)13/h4,10H2,1-3H3,(H2,11,13). The van der Waals surface area contributed by atoms with Crippen molar-refractivity contribution in [3.8, 4) is 0 Å². The summed E-state index contributed by atoms with van der Waals surface area (Å²) in [6, 6.07) is 0. The van der Waals surface area contributed by atoms with Crippen LogP contribution in [-0.2, 0) is 0 Å². The van der Waals surface area contributed by atoms with E-state index < -0.39 is 5.91 Å². The molecule has 84 valence electrons. The third-order valence-corrected chi connectivity index (χ3v) is 4.42. The number of hydrogen-bond donors (Lipinski definition) is 2. The highest BCUT2D eigenvalue weighted by Gasteiger charge is 2.20. The lowest BCUT2D eigenvalue weighted by Gasteiger charge is -2.15. The fourth-order valence-corrected chi connectivity index (χ4v) is 3.28. The molecule has 0 saturated heterocycles. The van der Waals surface area contributed by atoms with Gasteiger partial charge >= 0.3 is 0 Å². The molecule has 0 aliphatic carbocycles. The minimum absolute atomic E-state index is 0.453. The van der Waals surface area contributed by atoms with Crippen LogP contribution in [0.25, 0.3) is 0 Å². The Morgan fingerprint density at radius 3 is 2.60 bits per heavy atom. The van der Waals surface area contributed by atoms with Gasteiger partial charge in [0, 0.05) is 13.6 Å². The van der Waals surface area contributed by atoms with Crippen LogP contribution in [0.2, 0.25) is 0 Å². The van der Waals surface area contributed by atoms with Gasteiger partial charge in [0.15, 0.2) is 0 Å². The molecule has 0 unspecified atom stereocenters. The van der Waals surface area contributed by atoms with E-state index in [-0.39, 0.29) is 0 Å². The first-order chi connectivity index (χ1) is 7.02. The van der Waals surface area contributed by atoms with Crippen molar-refractivity contribution >= 4 is 39.7 Å². The minimum atomic E-state index is -0.455. The SMILES string of the molecule is CCN(C)c1sc(C(N)=O)c(N)c1SC. The molecule has 0 saturated carbocycles. The van der Waals surface area contributed by atoms with Crippen LogP contribution in [0.3, 0.4) is 0 Å². The molecule has 0 spiro atoms. The first kappa shape index (κ1) is 12.2. The van der Waals surface area contributed by atoms with E-state index in [9.17, 15) is 4.79 Å². The normalized spacial score (nSPS) is 10.3. The first-order valence-electron chi connectivity index (χ1n) is 4.50. The van der Waals surface area contributed by atoms with Crippen molar-refractivity contribution in [1.82, 2.24) is 0 Å². The maximum absolute atomic E-state index is 11.1. The van der Waals surface area contributed by atoms with Gasteiger partial charge in [-0.15, -0.1) is 23.1 Å². The summed E-state index contributed by atoms with van der Waals surface area (Å²) >= 11 is 2.90. The molecule has 15 heavy (non-hydrogen) atoms. The Balaban J connectivity index is 3.27. The second-order valence-corrected chi connectivity index (χ2v) is 4.88. The number of anilines is 2. The van der Waals surface area contributed by atoms with Crippen LogP contribution in [0.1, 0.15) is 16.6 Å². The number of nitrogen functional groups attached to an aromatic ring is 1. The van der Waals surface area contributed by atoms with Gasteiger partial charge in [0.25, 0.3) is 5.91 Å². The number of carbonyl (C=O) groups is 1. The molecule has 0 aliphatic heterocycles. The molecular formula is C9H15N3OS2. The van der Waals surface area contributed by atoms with Gasteiger partial charge in [-0.25, -0.2) is 0 Å². The minimum Gasteiger partial charge on any atom is -0.396 e. The number of thioether (sulfide) groups is 1. The highest BCUT2D eigenvalue weighted by molar-refractivity contribution is 7.99. The summed E-state index contributed by atoms with van der Waals surface area (Å²) in [4.78, 5) is 14.6. The Morgan fingerprint density at radius 1 is 1.60 bits per heavy atom. The Hall–Kier alpha value is -0.880. The number of hydrogen-bond acceptors (Lipinski definition) is 5. The van der Waals surface area contributed by atoms with Crippen molar-refractivity contribution in [2.24, 2.45) is 5.73 Å². The van der Waals surface area contributed by atoms with Gasteiger partial charge in [-0.3, -0.25) is 4.79 Å². The monoisotopic (exact) mass is 245 g/mol. The molecule has 0 aromatic carbocycles. The molecular weight excluding hydrogens is 230 g/mol. The summed E-state index contributed by atoms with van der Waals surface area (Å²) in [5, 5.41) is 1.01. The third kappa shape index (κ3) is 2.21. The van der Waals surface area contributed by atoms with Gasteiger partial charge in [-0.05, 0) is 13.2 Å². The lowest BCUT2D eigenvalue weighted by Crippen LogP contribution is -2.14. The van der Waals surface area contributed by atoms with E-state index in [1.165, 1.54) is 23.1 Å². The number of primary amides is 1. The Bertz CT molecular complexity index is 376. The fraction of sp³-hybridized carbons (Fsp3) is 0.444. The van der Waals surface area contributed by atoms with E-state index in [1.807, 2.05) is 20.2 Å². The second-order valence-electron chi connectivity index (χ2n) is 3.06. The van der Waals surface area contributed by atoms with E-state index in [4.69, 9.17) is 11.5 Å². The molecule has 0 fully saturated rings. The zero-order chi connectivity index (χ0) is 11.6. The molecule has 6 heteroatoms. The summed E-state index contributed by atoms with van der Waals surface area (Å²) in [6.07, 6.45) is 1.94. The van der Waals surface area contributed by atoms with E-state index in [0.717, 1.165) is 16.4 Å². The zero-order valence-electron chi connectivity index (χ0n) is 9.03. The molecule has 0 radical (unpaired) electrons. The van der Waals surface area contributed by atoms with Gasteiger partial charge in [-0.2, -0.15) is 0 Å². The predicted molar refractivity (Wildman–Crippen MR) is 68.0 cm³/mol. The van der Waals surface area contributed by atoms with E-state index in [2.05, 4.69) is 4.90 Å². The maximum atomic E-state index is 11.1. The predicted octanol–water partition coefficient (Wildman–Crippen LogP) is 1.61. The van der Waals surface area contributed by atoms with Crippen LogP contribution in [0.5, 0.6) is 0 Å². The van der Waals surface area contributed by atoms with Crippen LogP contribution in [0, 0.1) is 0 Å². The largest absolute Gasteiger partial charge is 0.396 e. The van der Waals surface area contributed by atoms with Crippen LogP contribution in [0.15, 0.2) is 4.90 Å². The number of thiophene rings is 1. The quantitative estimate of drug-likeness (QED) is 0.790. The summed E-state index contributed by atoms with van der Waals surface area (Å²) in [7, 11) is 1.97. The van der Waals surface area contributed by atoms with Gasteiger partial charge < -0.3 is 16.4 Å². The lowest BCUT2D eigenvalue weighted by atomic mass is 10.4. The Morgan fingerprint density at radius 2 is 2.20 bits per heavy atom. The van der Waals surface area contributed by atoms with Crippen molar-refractivity contribution in [2.75, 3.05) is 30.5 Å². The summed E-state index contributed by atoms with van der Waals surface area (Å²) in [6.45, 7) is 2.91. The van der Waals surface area contributed by atoms with Gasteiger partial charge in [0.05, 0.1) is 10.6 Å². The molecule has 4 N–H and O–H groups in total. The molecule has 1 aromatic heterocycles. The van der Waals surface area contributed by atoms with Crippen molar-refractivity contribution in [3.05, 3.63) is 4.88 Å². The van der Waals surface area contributed by atoms with Gasteiger partial charge in [0.2, 0.25) is 0 Å². The Kier molecular flexibility index (Phi) is 3.87. The Labute approximate surface area is 97.6 Å². The van der Waals surface area contributed by atoms with E-state index in [0.29, 0.717) is 10.6 Å². The average Bonchev–Trinajstić information content (AvgIpc) is 2.54. The fourth-order valence-electron chi connectivity index (χ4n) is 1.19. The lowest BCUT2D eigenvalue weighted by molar-refractivity contribution is 0.100. The molecule has 1 heterocycles. The van der Waals surface area contributed by atoms with Crippen molar-refractivity contribution in [2.45, 2.75) is 11.8 Å².